The molecule has 1 unspecified atom stereocenters. The average Bonchev–Trinajstić information content (AvgIpc) is 2.73. The van der Waals surface area contributed by atoms with Crippen LogP contribution in [0, 0.1) is 6.92 Å². The predicted octanol–water partition coefficient (Wildman–Crippen LogP) is 1.17. The van der Waals surface area contributed by atoms with Crippen LogP contribution in [0.1, 0.15) is 30.3 Å². The summed E-state index contributed by atoms with van der Waals surface area (Å²) in [6, 6.07) is 0. The largest absolute Gasteiger partial charge is 0.368 e. The second-order valence-electron chi connectivity index (χ2n) is 3.77. The number of ether oxygens (including phenoxy) is 1. The molecule has 96 valence electrons. The van der Waals surface area contributed by atoms with Crippen LogP contribution >= 0.6 is 11.3 Å². The molecule has 0 bridgehead atoms. The lowest BCUT2D eigenvalue weighted by Crippen LogP contribution is -2.40. The van der Waals surface area contributed by atoms with Gasteiger partial charge in [-0.25, -0.2) is 10.8 Å². The molecular weight excluding hydrogens is 238 g/mol. The molecule has 1 rings (SSSR count). The number of hydrogen-bond donors (Lipinski definition) is 2. The molecule has 17 heavy (non-hydrogen) atoms. The zero-order valence-electron chi connectivity index (χ0n) is 10.2. The van der Waals surface area contributed by atoms with Crippen LogP contribution in [0.25, 0.3) is 0 Å². The Morgan fingerprint density at radius 2 is 2.47 bits per heavy atom. The first-order valence-electron chi connectivity index (χ1n) is 5.70. The number of nitrogens with zero attached hydrogens (tertiary/aromatic N) is 1. The summed E-state index contributed by atoms with van der Waals surface area (Å²) in [5, 5.41) is 0. The smallest absolute Gasteiger partial charge is 0.262 e. The first-order valence-corrected chi connectivity index (χ1v) is 6.58. The van der Waals surface area contributed by atoms with Crippen LogP contribution in [0.4, 0.5) is 0 Å². The fourth-order valence-electron chi connectivity index (χ4n) is 1.51. The van der Waals surface area contributed by atoms with Gasteiger partial charge in [0.2, 0.25) is 0 Å². The normalized spacial score (nSPS) is 12.4. The van der Waals surface area contributed by atoms with Crippen molar-refractivity contribution in [2.24, 2.45) is 5.84 Å². The number of carbonyl (C=O) groups excluding carboxylic acids is 1. The van der Waals surface area contributed by atoms with Crippen molar-refractivity contribution >= 4 is 17.2 Å². The summed E-state index contributed by atoms with van der Waals surface area (Å²) in [5.41, 5.74) is 4.99. The van der Waals surface area contributed by atoms with E-state index in [9.17, 15) is 4.79 Å². The van der Waals surface area contributed by atoms with Crippen LogP contribution in [0.15, 0.2) is 5.51 Å². The molecule has 1 amide bonds. The van der Waals surface area contributed by atoms with E-state index >= 15 is 0 Å². The Kier molecular flexibility index (Phi) is 6.10. The van der Waals surface area contributed by atoms with Crippen molar-refractivity contribution in [3.63, 3.8) is 0 Å². The molecule has 6 heteroatoms. The van der Waals surface area contributed by atoms with Gasteiger partial charge in [-0.1, -0.05) is 13.3 Å². The number of hydrogen-bond acceptors (Lipinski definition) is 5. The fourth-order valence-corrected chi connectivity index (χ4v) is 2.27. The molecule has 0 aliphatic heterocycles. The molecule has 0 radical (unpaired) electrons. The number of carbonyl (C=O) groups is 1. The molecule has 0 saturated carbocycles. The number of rotatable bonds is 7. The van der Waals surface area contributed by atoms with Crippen molar-refractivity contribution < 1.29 is 9.53 Å². The summed E-state index contributed by atoms with van der Waals surface area (Å²) in [5.74, 6) is 4.85. The molecule has 5 nitrogen and oxygen atoms in total. The van der Waals surface area contributed by atoms with Crippen molar-refractivity contribution in [2.75, 3.05) is 6.61 Å². The molecule has 1 heterocycles. The Labute approximate surface area is 105 Å². The van der Waals surface area contributed by atoms with Gasteiger partial charge in [0.25, 0.3) is 5.91 Å². The third kappa shape index (κ3) is 4.41. The van der Waals surface area contributed by atoms with E-state index in [2.05, 4.69) is 10.4 Å². The lowest BCUT2D eigenvalue weighted by molar-refractivity contribution is -0.133. The monoisotopic (exact) mass is 257 g/mol. The maximum Gasteiger partial charge on any atom is 0.262 e. The van der Waals surface area contributed by atoms with E-state index in [1.54, 1.807) is 11.3 Å². The Bertz CT molecular complexity index is 354. The van der Waals surface area contributed by atoms with E-state index in [1.807, 2.05) is 19.4 Å². The Morgan fingerprint density at radius 1 is 1.71 bits per heavy atom. The van der Waals surface area contributed by atoms with Gasteiger partial charge in [0, 0.05) is 11.3 Å². The average molecular weight is 257 g/mol. The van der Waals surface area contributed by atoms with Crippen LogP contribution < -0.4 is 11.3 Å². The van der Waals surface area contributed by atoms with Crippen molar-refractivity contribution in [3.05, 3.63) is 16.1 Å². The molecule has 3 N–H and O–H groups in total. The number of thiazole rings is 1. The quantitative estimate of drug-likeness (QED) is 0.437. The number of nitrogens with one attached hydrogen (secondary N) is 1. The van der Waals surface area contributed by atoms with Crippen LogP contribution in [-0.4, -0.2) is 23.6 Å². The van der Waals surface area contributed by atoms with E-state index in [1.165, 1.54) is 4.88 Å². The minimum absolute atomic E-state index is 0.257. The standard InChI is InChI=1S/C11H19N3O2S/c1-3-4-9(11(15)14-12)16-6-5-10-8(2)13-7-17-10/h7,9H,3-6,12H2,1-2H3,(H,14,15). The zero-order valence-corrected chi connectivity index (χ0v) is 11.0. The number of aromatic nitrogens is 1. The van der Waals surface area contributed by atoms with Crippen LogP contribution in [0.5, 0.6) is 0 Å². The van der Waals surface area contributed by atoms with Gasteiger partial charge in [-0.15, -0.1) is 11.3 Å². The highest BCUT2D eigenvalue weighted by atomic mass is 32.1. The van der Waals surface area contributed by atoms with Crippen LogP contribution in [0.2, 0.25) is 0 Å². The molecule has 0 aliphatic rings. The van der Waals surface area contributed by atoms with Gasteiger partial charge in [-0.05, 0) is 13.3 Å². The lowest BCUT2D eigenvalue weighted by Gasteiger charge is -2.15. The van der Waals surface area contributed by atoms with Crippen molar-refractivity contribution in [2.45, 2.75) is 39.2 Å². The van der Waals surface area contributed by atoms with E-state index in [4.69, 9.17) is 10.6 Å². The number of aryl methyl sites for hydroxylation is 1. The van der Waals surface area contributed by atoms with Gasteiger partial charge in [0.1, 0.15) is 6.10 Å². The van der Waals surface area contributed by atoms with Crippen LogP contribution in [-0.2, 0) is 16.0 Å². The third-order valence-electron chi connectivity index (χ3n) is 2.48. The molecule has 1 aromatic heterocycles. The maximum absolute atomic E-state index is 11.4. The molecule has 1 atom stereocenters. The van der Waals surface area contributed by atoms with Gasteiger partial charge in [0.05, 0.1) is 17.8 Å². The summed E-state index contributed by atoms with van der Waals surface area (Å²) in [6.45, 7) is 4.50. The van der Waals surface area contributed by atoms with Gasteiger partial charge in [-0.2, -0.15) is 0 Å². The molecular formula is C11H19N3O2S. The summed E-state index contributed by atoms with van der Waals surface area (Å²) < 4.78 is 5.55. The third-order valence-corrected chi connectivity index (χ3v) is 3.47. The highest BCUT2D eigenvalue weighted by molar-refractivity contribution is 7.09. The predicted molar refractivity (Wildman–Crippen MR) is 67.5 cm³/mol. The second-order valence-corrected chi connectivity index (χ2v) is 4.71. The van der Waals surface area contributed by atoms with Crippen molar-refractivity contribution in [1.82, 2.24) is 10.4 Å². The number of hydrazine groups is 1. The van der Waals surface area contributed by atoms with Crippen molar-refractivity contribution in [3.8, 4) is 0 Å². The summed E-state index contributed by atoms with van der Waals surface area (Å²) >= 11 is 1.61. The summed E-state index contributed by atoms with van der Waals surface area (Å²) in [7, 11) is 0. The highest BCUT2D eigenvalue weighted by Gasteiger charge is 2.16. The first kappa shape index (κ1) is 14.1. The Morgan fingerprint density at radius 3 is 3.00 bits per heavy atom. The molecule has 1 aromatic rings. The van der Waals surface area contributed by atoms with Crippen LogP contribution in [0.3, 0.4) is 0 Å². The molecule has 0 aliphatic carbocycles. The van der Waals surface area contributed by atoms with E-state index in [-0.39, 0.29) is 5.91 Å². The number of nitrogens with two attached hydrogens (primary N) is 1. The first-order chi connectivity index (χ1) is 8.19. The minimum Gasteiger partial charge on any atom is -0.368 e. The molecule has 0 fully saturated rings. The van der Waals surface area contributed by atoms with Gasteiger partial charge in [0.15, 0.2) is 0 Å². The van der Waals surface area contributed by atoms with Gasteiger partial charge in [-0.3, -0.25) is 10.2 Å². The SMILES string of the molecule is CCCC(OCCc1scnc1C)C(=O)NN. The highest BCUT2D eigenvalue weighted by Crippen LogP contribution is 2.13. The van der Waals surface area contributed by atoms with E-state index < -0.39 is 6.10 Å². The zero-order chi connectivity index (χ0) is 12.7. The molecule has 0 spiro atoms. The Balaban J connectivity index is 2.37. The summed E-state index contributed by atoms with van der Waals surface area (Å²) in [4.78, 5) is 16.8. The lowest BCUT2D eigenvalue weighted by atomic mass is 10.2. The van der Waals surface area contributed by atoms with Gasteiger partial charge >= 0.3 is 0 Å². The van der Waals surface area contributed by atoms with Crippen molar-refractivity contribution in [1.29, 1.82) is 0 Å². The minimum atomic E-state index is -0.446. The molecule has 0 aromatic carbocycles. The fraction of sp³-hybridized carbons (Fsp3) is 0.636. The Hall–Kier alpha value is -0.980. The topological polar surface area (TPSA) is 77.2 Å². The maximum atomic E-state index is 11.4. The number of amides is 1. The van der Waals surface area contributed by atoms with E-state index in [0.29, 0.717) is 13.0 Å². The molecule has 0 saturated heterocycles. The van der Waals surface area contributed by atoms with Gasteiger partial charge < -0.3 is 4.74 Å². The van der Waals surface area contributed by atoms with E-state index in [0.717, 1.165) is 18.5 Å². The second kappa shape index (κ2) is 7.37. The summed E-state index contributed by atoms with van der Waals surface area (Å²) in [6.07, 6.45) is 1.91.